The number of aromatic nitrogens is 4. The summed E-state index contributed by atoms with van der Waals surface area (Å²) in [6.45, 7) is 1.28. The summed E-state index contributed by atoms with van der Waals surface area (Å²) in [6.07, 6.45) is 2.62. The number of carbonyl (C=O) groups is 1. The number of ether oxygens (including phenoxy) is 1. The van der Waals surface area contributed by atoms with E-state index in [2.05, 4.69) is 25.3 Å². The molecule has 2 aromatic heterocycles. The van der Waals surface area contributed by atoms with Crippen molar-refractivity contribution in [2.24, 2.45) is 4.99 Å². The van der Waals surface area contributed by atoms with Gasteiger partial charge in [0.15, 0.2) is 11.5 Å². The number of phenols is 1. The minimum atomic E-state index is -0.544. The van der Waals surface area contributed by atoms with Crippen molar-refractivity contribution in [3.63, 3.8) is 0 Å². The number of nitrogens with one attached hydrogen (secondary N) is 1. The summed E-state index contributed by atoms with van der Waals surface area (Å²) in [6, 6.07) is 3.28. The standard InChI is InChI=1S/C16H15N7O3/c1-26-12-10(24)3-2-9-11(12)21-16(23-5-4-18-13(9)23)22-14(25)8-6-19-15(17)20-7-8/h2-3,6-7,18,24H,4-5H2,1H3,(H2,17,19,20). The zero-order valence-electron chi connectivity index (χ0n) is 13.8. The molecule has 0 radical (unpaired) electrons. The molecule has 3 aromatic rings. The van der Waals surface area contributed by atoms with Crippen molar-refractivity contribution in [1.29, 1.82) is 0 Å². The highest BCUT2D eigenvalue weighted by Gasteiger charge is 2.20. The molecule has 1 aliphatic rings. The first-order valence-electron chi connectivity index (χ1n) is 7.79. The summed E-state index contributed by atoms with van der Waals surface area (Å²) in [4.78, 5) is 28.6. The van der Waals surface area contributed by atoms with Crippen molar-refractivity contribution in [2.45, 2.75) is 6.54 Å². The monoisotopic (exact) mass is 353 g/mol. The number of nitrogen functional groups attached to an aromatic ring is 1. The van der Waals surface area contributed by atoms with E-state index in [1.807, 2.05) is 0 Å². The number of carbonyl (C=O) groups excluding carboxylic acids is 1. The van der Waals surface area contributed by atoms with Gasteiger partial charge in [0.25, 0.3) is 5.91 Å². The molecule has 0 spiro atoms. The van der Waals surface area contributed by atoms with Crippen LogP contribution in [0.25, 0.3) is 10.9 Å². The van der Waals surface area contributed by atoms with Crippen LogP contribution in [0.2, 0.25) is 0 Å². The molecule has 10 nitrogen and oxygen atoms in total. The van der Waals surface area contributed by atoms with Gasteiger partial charge in [0.2, 0.25) is 11.6 Å². The molecular weight excluding hydrogens is 338 g/mol. The van der Waals surface area contributed by atoms with Crippen molar-refractivity contribution >= 4 is 28.6 Å². The number of anilines is 2. The van der Waals surface area contributed by atoms with Gasteiger partial charge in [-0.1, -0.05) is 0 Å². The molecule has 0 bridgehead atoms. The van der Waals surface area contributed by atoms with Crippen molar-refractivity contribution in [3.8, 4) is 11.5 Å². The van der Waals surface area contributed by atoms with E-state index >= 15 is 0 Å². The Balaban J connectivity index is 1.95. The molecule has 0 saturated heterocycles. The summed E-state index contributed by atoms with van der Waals surface area (Å²) in [7, 11) is 1.44. The lowest BCUT2D eigenvalue weighted by atomic mass is 10.2. The Labute approximate surface area is 147 Å². The van der Waals surface area contributed by atoms with E-state index in [4.69, 9.17) is 10.5 Å². The van der Waals surface area contributed by atoms with Crippen LogP contribution in [0, 0.1) is 0 Å². The summed E-state index contributed by atoms with van der Waals surface area (Å²) >= 11 is 0. The molecule has 1 aromatic carbocycles. The molecule has 1 aliphatic heterocycles. The van der Waals surface area contributed by atoms with E-state index in [0.717, 1.165) is 11.2 Å². The molecule has 0 saturated carbocycles. The van der Waals surface area contributed by atoms with Gasteiger partial charge < -0.3 is 20.9 Å². The van der Waals surface area contributed by atoms with Gasteiger partial charge in [-0.3, -0.25) is 9.36 Å². The average molecular weight is 353 g/mol. The van der Waals surface area contributed by atoms with E-state index in [1.165, 1.54) is 25.6 Å². The smallest absolute Gasteiger partial charge is 0.283 e. The van der Waals surface area contributed by atoms with E-state index in [1.54, 1.807) is 10.6 Å². The number of benzene rings is 1. The number of amides is 1. The van der Waals surface area contributed by atoms with Gasteiger partial charge in [-0.25, -0.2) is 15.0 Å². The van der Waals surface area contributed by atoms with Crippen LogP contribution < -0.4 is 21.4 Å². The molecule has 26 heavy (non-hydrogen) atoms. The predicted molar refractivity (Wildman–Crippen MR) is 92.8 cm³/mol. The first-order chi connectivity index (χ1) is 12.6. The first-order valence-corrected chi connectivity index (χ1v) is 7.79. The highest BCUT2D eigenvalue weighted by Crippen LogP contribution is 2.36. The fraction of sp³-hybridized carbons (Fsp3) is 0.188. The Morgan fingerprint density at radius 3 is 2.88 bits per heavy atom. The Hall–Kier alpha value is -3.69. The van der Waals surface area contributed by atoms with Crippen LogP contribution in [0.15, 0.2) is 29.5 Å². The van der Waals surface area contributed by atoms with Gasteiger partial charge in [0, 0.05) is 30.9 Å². The zero-order valence-corrected chi connectivity index (χ0v) is 13.8. The summed E-state index contributed by atoms with van der Waals surface area (Å²) in [5, 5.41) is 14.0. The highest BCUT2D eigenvalue weighted by molar-refractivity contribution is 5.96. The minimum Gasteiger partial charge on any atom is -0.504 e. The number of phenolic OH excluding ortho intramolecular Hbond substituents is 1. The van der Waals surface area contributed by atoms with Crippen LogP contribution in [0.5, 0.6) is 11.5 Å². The third-order valence-electron chi connectivity index (χ3n) is 4.04. The number of hydrogen-bond donors (Lipinski definition) is 3. The number of fused-ring (bicyclic) bond motifs is 3. The maximum Gasteiger partial charge on any atom is 0.283 e. The molecule has 10 heteroatoms. The minimum absolute atomic E-state index is 0.0420. The fourth-order valence-electron chi connectivity index (χ4n) is 2.85. The number of nitrogens with two attached hydrogens (primary N) is 1. The molecule has 1 amide bonds. The molecule has 4 N–H and O–H groups in total. The maximum atomic E-state index is 12.4. The Bertz CT molecular complexity index is 1090. The lowest BCUT2D eigenvalue weighted by molar-refractivity contribution is 0.0996. The SMILES string of the molecule is COc1c(O)ccc2c3n(c(=NC(=O)c4cnc(N)nc4)nc12)CCN3. The van der Waals surface area contributed by atoms with Crippen molar-refractivity contribution in [3.05, 3.63) is 35.7 Å². The highest BCUT2D eigenvalue weighted by atomic mass is 16.5. The van der Waals surface area contributed by atoms with E-state index in [-0.39, 0.29) is 28.6 Å². The molecule has 4 rings (SSSR count). The molecule has 132 valence electrons. The molecule has 0 fully saturated rings. The molecule has 0 aliphatic carbocycles. The fourth-order valence-corrected chi connectivity index (χ4v) is 2.85. The third-order valence-corrected chi connectivity index (χ3v) is 4.04. The molecule has 3 heterocycles. The van der Waals surface area contributed by atoms with Crippen LogP contribution >= 0.6 is 0 Å². The van der Waals surface area contributed by atoms with Gasteiger partial charge in [0.05, 0.1) is 12.7 Å². The van der Waals surface area contributed by atoms with Crippen LogP contribution in [0.1, 0.15) is 10.4 Å². The van der Waals surface area contributed by atoms with Gasteiger partial charge in [-0.05, 0) is 12.1 Å². The van der Waals surface area contributed by atoms with Gasteiger partial charge in [-0.15, -0.1) is 0 Å². The molecule has 0 unspecified atom stereocenters. The second-order valence-corrected chi connectivity index (χ2v) is 5.60. The van der Waals surface area contributed by atoms with Crippen LogP contribution in [0.4, 0.5) is 11.8 Å². The lowest BCUT2D eigenvalue weighted by Gasteiger charge is -2.11. The summed E-state index contributed by atoms with van der Waals surface area (Å²) in [5.74, 6) is 0.468. The number of rotatable bonds is 2. The largest absolute Gasteiger partial charge is 0.504 e. The van der Waals surface area contributed by atoms with Crippen LogP contribution in [-0.2, 0) is 6.54 Å². The van der Waals surface area contributed by atoms with Crippen molar-refractivity contribution < 1.29 is 14.6 Å². The van der Waals surface area contributed by atoms with E-state index < -0.39 is 5.91 Å². The molecular formula is C16H15N7O3. The van der Waals surface area contributed by atoms with Crippen molar-refractivity contribution in [1.82, 2.24) is 19.5 Å². The quantitative estimate of drug-likeness (QED) is 0.597. The normalized spacial score (nSPS) is 13.5. The number of methoxy groups -OCH3 is 1. The Morgan fingerprint density at radius 1 is 1.38 bits per heavy atom. The van der Waals surface area contributed by atoms with Crippen LogP contribution in [-0.4, -0.2) is 44.2 Å². The second kappa shape index (κ2) is 5.99. The third kappa shape index (κ3) is 2.48. The summed E-state index contributed by atoms with van der Waals surface area (Å²) < 4.78 is 7.07. The lowest BCUT2D eigenvalue weighted by Crippen LogP contribution is -2.25. The predicted octanol–water partition coefficient (Wildman–Crippen LogP) is 0.289. The van der Waals surface area contributed by atoms with Gasteiger partial charge >= 0.3 is 0 Å². The number of nitrogens with zero attached hydrogens (tertiary/aromatic N) is 5. The van der Waals surface area contributed by atoms with E-state index in [9.17, 15) is 9.90 Å². The Morgan fingerprint density at radius 2 is 2.15 bits per heavy atom. The van der Waals surface area contributed by atoms with Gasteiger partial charge in [-0.2, -0.15) is 4.99 Å². The van der Waals surface area contributed by atoms with Crippen LogP contribution in [0.3, 0.4) is 0 Å². The molecule has 0 atom stereocenters. The van der Waals surface area contributed by atoms with Gasteiger partial charge in [0.1, 0.15) is 11.3 Å². The Kier molecular flexibility index (Phi) is 3.64. The topological polar surface area (TPSA) is 141 Å². The number of hydrogen-bond acceptors (Lipinski definition) is 8. The maximum absolute atomic E-state index is 12.4. The second-order valence-electron chi connectivity index (χ2n) is 5.60. The van der Waals surface area contributed by atoms with Crippen molar-refractivity contribution in [2.75, 3.05) is 24.7 Å². The zero-order chi connectivity index (χ0) is 18.3. The average Bonchev–Trinajstić information content (AvgIpc) is 3.12. The first kappa shape index (κ1) is 15.8. The number of aromatic hydroxyl groups is 1. The summed E-state index contributed by atoms with van der Waals surface area (Å²) in [5.41, 5.74) is 6.24. The van der Waals surface area contributed by atoms with E-state index in [0.29, 0.717) is 18.6 Å².